The number of benzene rings is 2. The minimum Gasteiger partial charge on any atom is -0.475 e. The molecule has 2 unspecified atom stereocenters. The Bertz CT molecular complexity index is 1720. The number of carbonyl (C=O) groups excluding carboxylic acids is 3. The van der Waals surface area contributed by atoms with Gasteiger partial charge in [0.2, 0.25) is 0 Å². The zero-order valence-corrected chi connectivity index (χ0v) is 29.4. The Kier molecular flexibility index (Phi) is 13.0. The van der Waals surface area contributed by atoms with Crippen molar-refractivity contribution in [2.75, 3.05) is 56.1 Å². The minimum atomic E-state index is -5.08. The summed E-state index contributed by atoms with van der Waals surface area (Å²) in [6.07, 6.45) is -2.83. The highest BCUT2D eigenvalue weighted by molar-refractivity contribution is 6.31. The molecule has 0 aliphatic carbocycles. The van der Waals surface area contributed by atoms with Crippen molar-refractivity contribution in [2.24, 2.45) is 11.8 Å². The summed E-state index contributed by atoms with van der Waals surface area (Å²) in [5, 5.41) is 10.6. The molecule has 51 heavy (non-hydrogen) atoms. The van der Waals surface area contributed by atoms with Crippen molar-refractivity contribution in [1.82, 2.24) is 19.8 Å². The van der Waals surface area contributed by atoms with Crippen LogP contribution in [0.2, 0.25) is 5.02 Å². The third-order valence-corrected chi connectivity index (χ3v) is 9.13. The van der Waals surface area contributed by atoms with Gasteiger partial charge in [0, 0.05) is 49.1 Å². The number of nitrogens with zero attached hydrogens (tertiary/aromatic N) is 5. The highest BCUT2D eigenvalue weighted by Crippen LogP contribution is 2.33. The lowest BCUT2D eigenvalue weighted by atomic mass is 10.0. The molecule has 2 aromatic carbocycles. The fourth-order valence-electron chi connectivity index (χ4n) is 6.18. The first-order chi connectivity index (χ1) is 24.1. The molecule has 3 heterocycles. The van der Waals surface area contributed by atoms with Crippen LogP contribution in [0, 0.1) is 32.6 Å². The summed E-state index contributed by atoms with van der Waals surface area (Å²) in [7, 11) is 0. The van der Waals surface area contributed by atoms with Crippen LogP contribution in [0.15, 0.2) is 48.8 Å². The second kappa shape index (κ2) is 17.0. The molecule has 2 saturated heterocycles. The lowest BCUT2D eigenvalue weighted by molar-refractivity contribution is -0.192. The molecule has 274 valence electrons. The molecular formula is C35H40ClF3N6O6. The topological polar surface area (TPSA) is 145 Å². The highest BCUT2D eigenvalue weighted by Gasteiger charge is 2.42. The van der Waals surface area contributed by atoms with E-state index in [4.69, 9.17) is 26.2 Å². The molecule has 0 bridgehead atoms. The zero-order valence-electron chi connectivity index (χ0n) is 28.7. The van der Waals surface area contributed by atoms with Crippen LogP contribution in [-0.2, 0) is 9.53 Å². The average molecular weight is 733 g/mol. The van der Waals surface area contributed by atoms with Crippen molar-refractivity contribution in [3.8, 4) is 0 Å². The molecule has 3 amide bonds. The number of aliphatic carboxylic acids is 1. The van der Waals surface area contributed by atoms with Gasteiger partial charge < -0.3 is 25.0 Å². The number of hydrogen-bond donors (Lipinski definition) is 2. The van der Waals surface area contributed by atoms with Gasteiger partial charge in [0.1, 0.15) is 6.33 Å². The van der Waals surface area contributed by atoms with Gasteiger partial charge in [0.05, 0.1) is 29.1 Å². The number of rotatable bonds is 9. The fraction of sp³-hybridized carbons (Fsp3) is 0.429. The maximum atomic E-state index is 13.6. The van der Waals surface area contributed by atoms with Crippen LogP contribution in [0.4, 0.5) is 29.3 Å². The molecular weight excluding hydrogens is 693 g/mol. The first-order valence-corrected chi connectivity index (χ1v) is 16.7. The molecule has 0 radical (unpaired) electrons. The van der Waals surface area contributed by atoms with Crippen LogP contribution in [-0.4, -0.2) is 101 Å². The number of likely N-dealkylation sites (tertiary alicyclic amines) is 2. The lowest BCUT2D eigenvalue weighted by Crippen LogP contribution is -2.38. The summed E-state index contributed by atoms with van der Waals surface area (Å²) in [5.74, 6) is -2.33. The summed E-state index contributed by atoms with van der Waals surface area (Å²) in [6, 6.07) is 12.0. The number of carboxylic acid groups (broad SMARTS) is 1. The molecule has 0 saturated carbocycles. The number of halogens is 4. The van der Waals surface area contributed by atoms with E-state index >= 15 is 0 Å². The number of hydrogen-bond acceptors (Lipinski definition) is 8. The number of anilines is 2. The smallest absolute Gasteiger partial charge is 0.475 e. The molecule has 1 aromatic heterocycles. The number of alkyl halides is 3. The van der Waals surface area contributed by atoms with Gasteiger partial charge in [-0.15, -0.1) is 0 Å². The van der Waals surface area contributed by atoms with E-state index in [1.165, 1.54) is 6.33 Å². The Morgan fingerprint density at radius 2 is 1.63 bits per heavy atom. The number of amides is 3. The zero-order chi connectivity index (χ0) is 37.5. The van der Waals surface area contributed by atoms with Crippen LogP contribution in [0.1, 0.15) is 51.0 Å². The van der Waals surface area contributed by atoms with E-state index < -0.39 is 18.1 Å². The number of urea groups is 1. The summed E-state index contributed by atoms with van der Waals surface area (Å²) < 4.78 is 36.8. The molecule has 3 aromatic rings. The number of fused-ring (bicyclic) bond motifs is 1. The number of carboxylic acids is 1. The van der Waals surface area contributed by atoms with E-state index in [-0.39, 0.29) is 18.5 Å². The van der Waals surface area contributed by atoms with Crippen molar-refractivity contribution in [3.63, 3.8) is 0 Å². The van der Waals surface area contributed by atoms with Crippen LogP contribution in [0.25, 0.3) is 0 Å². The van der Waals surface area contributed by atoms with Crippen molar-refractivity contribution >= 4 is 46.9 Å². The summed E-state index contributed by atoms with van der Waals surface area (Å²) in [4.78, 5) is 62.4. The third kappa shape index (κ3) is 10.2. The van der Waals surface area contributed by atoms with Gasteiger partial charge in [0.25, 0.3) is 5.91 Å². The van der Waals surface area contributed by atoms with E-state index in [1.807, 2.05) is 37.8 Å². The average Bonchev–Trinajstić information content (AvgIpc) is 3.64. The fourth-order valence-corrected chi connectivity index (χ4v) is 6.35. The van der Waals surface area contributed by atoms with Gasteiger partial charge in [-0.05, 0) is 88.4 Å². The number of nitrogens with one attached hydrogen (secondary N) is 1. The van der Waals surface area contributed by atoms with E-state index in [0.717, 1.165) is 56.1 Å². The van der Waals surface area contributed by atoms with Crippen molar-refractivity contribution < 1.29 is 42.2 Å². The number of esters is 1. The van der Waals surface area contributed by atoms with Crippen LogP contribution in [0.3, 0.4) is 0 Å². The Morgan fingerprint density at radius 1 is 1.00 bits per heavy atom. The van der Waals surface area contributed by atoms with E-state index in [1.54, 1.807) is 42.2 Å². The van der Waals surface area contributed by atoms with Gasteiger partial charge in [-0.25, -0.2) is 24.4 Å². The Morgan fingerprint density at radius 3 is 2.20 bits per heavy atom. The van der Waals surface area contributed by atoms with Crippen LogP contribution in [0.5, 0.6) is 0 Å². The number of carbonyl (C=O) groups is 4. The summed E-state index contributed by atoms with van der Waals surface area (Å²) >= 11 is 6.44. The Hall–Kier alpha value is -4.76. The second-order valence-corrected chi connectivity index (χ2v) is 12.8. The van der Waals surface area contributed by atoms with E-state index in [2.05, 4.69) is 20.2 Å². The number of aryl methyl sites for hydroxylation is 3. The molecule has 2 atom stereocenters. The highest BCUT2D eigenvalue weighted by atomic mass is 35.5. The van der Waals surface area contributed by atoms with Gasteiger partial charge in [-0.1, -0.05) is 23.7 Å². The Labute approximate surface area is 298 Å². The normalized spacial score (nSPS) is 16.9. The van der Waals surface area contributed by atoms with E-state index in [9.17, 15) is 27.6 Å². The molecule has 16 heteroatoms. The monoisotopic (exact) mass is 732 g/mol. The van der Waals surface area contributed by atoms with Crippen molar-refractivity contribution in [1.29, 1.82) is 0 Å². The standard InChI is InChI=1S/C33H39ClN6O4.C2HF3O2/c1-5-44-32(42)24-8-6-9-27(14-24)37-33(43)40(28-11-10-21(2)29(34)15-28)13-7-12-38-16-25-18-39(19-26(25)17-38)31(41)30-22(3)35-20-36-23(30)4;3-2(4,5)1(6)7/h6,8-11,14-15,20,25-26H,5,7,12-13,16-19H2,1-4H3,(H,37,43);(H,6,7). The van der Waals surface area contributed by atoms with Crippen molar-refractivity contribution in [2.45, 2.75) is 40.3 Å². The molecule has 2 fully saturated rings. The van der Waals surface area contributed by atoms with Gasteiger partial charge in [-0.3, -0.25) is 9.69 Å². The largest absolute Gasteiger partial charge is 0.490 e. The quantitative estimate of drug-likeness (QED) is 0.253. The summed E-state index contributed by atoms with van der Waals surface area (Å²) in [5.41, 5.74) is 4.56. The predicted molar refractivity (Wildman–Crippen MR) is 184 cm³/mol. The van der Waals surface area contributed by atoms with Gasteiger partial charge >= 0.3 is 24.1 Å². The molecule has 5 rings (SSSR count). The maximum absolute atomic E-state index is 13.6. The van der Waals surface area contributed by atoms with Crippen LogP contribution >= 0.6 is 11.6 Å². The molecule has 2 aliphatic heterocycles. The van der Waals surface area contributed by atoms with Gasteiger partial charge in [-0.2, -0.15) is 13.2 Å². The third-order valence-electron chi connectivity index (χ3n) is 8.73. The minimum absolute atomic E-state index is 0.0211. The molecule has 2 N–H and O–H groups in total. The SMILES string of the molecule is CCOC(=O)c1cccc(NC(=O)N(CCCN2CC3CN(C(=O)c4c(C)ncnc4C)CC3C2)c2ccc(C)c(Cl)c2)c1.O=C(O)C(F)(F)F. The first-order valence-electron chi connectivity index (χ1n) is 16.3. The van der Waals surface area contributed by atoms with Gasteiger partial charge in [0.15, 0.2) is 0 Å². The van der Waals surface area contributed by atoms with Crippen LogP contribution < -0.4 is 10.2 Å². The predicted octanol–water partition coefficient (Wildman–Crippen LogP) is 6.00. The lowest BCUT2D eigenvalue weighted by Gasteiger charge is -2.26. The first kappa shape index (κ1) is 39.0. The van der Waals surface area contributed by atoms with E-state index in [0.29, 0.717) is 45.9 Å². The molecule has 2 aliphatic rings. The molecule has 0 spiro atoms. The maximum Gasteiger partial charge on any atom is 0.490 e. The number of aromatic nitrogens is 2. The Balaban J connectivity index is 0.000000755. The summed E-state index contributed by atoms with van der Waals surface area (Å²) in [6.45, 7) is 12.3. The second-order valence-electron chi connectivity index (χ2n) is 12.4. The van der Waals surface area contributed by atoms with Crippen molar-refractivity contribution in [3.05, 3.63) is 81.9 Å². The molecule has 12 nitrogen and oxygen atoms in total. The number of ether oxygens (including phenoxy) is 1.